The molecule has 0 saturated heterocycles. The molecule has 0 radical (unpaired) electrons. The van der Waals surface area contributed by atoms with Gasteiger partial charge in [0, 0.05) is 0 Å². The van der Waals surface area contributed by atoms with Gasteiger partial charge in [-0.2, -0.15) is 0 Å². The first-order chi connectivity index (χ1) is 9.29. The molecule has 0 amide bonds. The number of hydrogen-bond donors (Lipinski definition) is 0. The molecular weight excluding hydrogens is 272 g/mol. The van der Waals surface area contributed by atoms with Crippen LogP contribution >= 0.6 is 11.6 Å². The summed E-state index contributed by atoms with van der Waals surface area (Å²) in [4.78, 5) is 11.6. The van der Waals surface area contributed by atoms with Crippen molar-refractivity contribution in [3.05, 3.63) is 33.9 Å². The lowest BCUT2D eigenvalue weighted by molar-refractivity contribution is -0.137. The van der Waals surface area contributed by atoms with Gasteiger partial charge in [0.15, 0.2) is 0 Å². The smallest absolute Gasteiger partial charge is 0.350 e. The lowest BCUT2D eigenvalue weighted by atomic mass is 9.72. The van der Waals surface area contributed by atoms with Crippen LogP contribution in [0.5, 0.6) is 0 Å². The molecule has 1 rings (SSSR count). The highest BCUT2D eigenvalue weighted by molar-refractivity contribution is 6.41. The average Bonchev–Trinajstić information content (AvgIpc) is 2.36. The SMILES string of the molecule is CCOC(=O)/C(Cl)=C(C)\C=C\C1=C(C)CCCC1(C)C. The van der Waals surface area contributed by atoms with Crippen molar-refractivity contribution in [3.63, 3.8) is 0 Å². The lowest BCUT2D eigenvalue weighted by Crippen LogP contribution is -2.19. The first-order valence-corrected chi connectivity index (χ1v) is 7.59. The average molecular weight is 297 g/mol. The van der Waals surface area contributed by atoms with E-state index in [4.69, 9.17) is 16.3 Å². The maximum Gasteiger partial charge on any atom is 0.350 e. The molecule has 0 fully saturated rings. The van der Waals surface area contributed by atoms with Gasteiger partial charge in [-0.05, 0) is 56.6 Å². The molecule has 0 heterocycles. The van der Waals surface area contributed by atoms with Crippen LogP contribution in [0.1, 0.15) is 53.9 Å². The normalized spacial score (nSPS) is 20.1. The van der Waals surface area contributed by atoms with Gasteiger partial charge in [-0.3, -0.25) is 0 Å². The minimum atomic E-state index is -0.454. The van der Waals surface area contributed by atoms with Gasteiger partial charge < -0.3 is 4.74 Å². The van der Waals surface area contributed by atoms with E-state index in [9.17, 15) is 4.79 Å². The monoisotopic (exact) mass is 296 g/mol. The zero-order valence-electron chi connectivity index (χ0n) is 13.2. The number of ether oxygens (including phenoxy) is 1. The van der Waals surface area contributed by atoms with E-state index in [-0.39, 0.29) is 10.4 Å². The van der Waals surface area contributed by atoms with Gasteiger partial charge in [0.05, 0.1) is 6.61 Å². The first kappa shape index (κ1) is 17.0. The minimum absolute atomic E-state index is 0.162. The zero-order chi connectivity index (χ0) is 15.3. The van der Waals surface area contributed by atoms with Gasteiger partial charge >= 0.3 is 5.97 Å². The second kappa shape index (κ2) is 7.12. The summed E-state index contributed by atoms with van der Waals surface area (Å²) in [6.45, 7) is 10.7. The molecule has 0 aromatic carbocycles. The highest BCUT2D eigenvalue weighted by Gasteiger charge is 2.26. The Morgan fingerprint density at radius 2 is 2.10 bits per heavy atom. The fourth-order valence-corrected chi connectivity index (χ4v) is 2.76. The quantitative estimate of drug-likeness (QED) is 0.408. The van der Waals surface area contributed by atoms with Gasteiger partial charge in [0.25, 0.3) is 0 Å². The molecule has 0 atom stereocenters. The van der Waals surface area contributed by atoms with E-state index in [0.29, 0.717) is 6.61 Å². The minimum Gasteiger partial charge on any atom is -0.462 e. The summed E-state index contributed by atoms with van der Waals surface area (Å²) >= 11 is 6.02. The van der Waals surface area contributed by atoms with Crippen LogP contribution in [0.4, 0.5) is 0 Å². The molecule has 0 bridgehead atoms. The topological polar surface area (TPSA) is 26.3 Å². The predicted molar refractivity (Wildman–Crippen MR) is 84.7 cm³/mol. The van der Waals surface area contributed by atoms with Crippen molar-refractivity contribution in [1.82, 2.24) is 0 Å². The second-order valence-electron chi connectivity index (χ2n) is 5.98. The molecule has 0 aromatic heterocycles. The fourth-order valence-electron chi connectivity index (χ4n) is 2.65. The number of rotatable bonds is 4. The molecule has 0 aliphatic heterocycles. The van der Waals surface area contributed by atoms with Crippen LogP contribution in [-0.2, 0) is 9.53 Å². The van der Waals surface area contributed by atoms with Crippen LogP contribution in [0.2, 0.25) is 0 Å². The van der Waals surface area contributed by atoms with Crippen molar-refractivity contribution < 1.29 is 9.53 Å². The predicted octanol–water partition coefficient (Wildman–Crippen LogP) is 5.15. The number of allylic oxidation sites excluding steroid dienone is 5. The zero-order valence-corrected chi connectivity index (χ0v) is 13.9. The van der Waals surface area contributed by atoms with Gasteiger partial charge in [0.2, 0.25) is 0 Å². The van der Waals surface area contributed by atoms with Crippen molar-refractivity contribution in [3.8, 4) is 0 Å². The molecule has 3 heteroatoms. The van der Waals surface area contributed by atoms with Gasteiger partial charge in [-0.15, -0.1) is 0 Å². The summed E-state index contributed by atoms with van der Waals surface area (Å²) in [6.07, 6.45) is 7.61. The van der Waals surface area contributed by atoms with E-state index in [1.807, 2.05) is 13.0 Å². The van der Waals surface area contributed by atoms with Crippen molar-refractivity contribution in [2.45, 2.75) is 53.9 Å². The van der Waals surface area contributed by atoms with Crippen molar-refractivity contribution >= 4 is 17.6 Å². The Hall–Kier alpha value is -1.02. The Bertz CT molecular complexity index is 467. The number of esters is 1. The summed E-state index contributed by atoms with van der Waals surface area (Å²) in [7, 11) is 0. The Balaban J connectivity index is 2.96. The molecule has 0 saturated carbocycles. The number of halogens is 1. The third-order valence-corrected chi connectivity index (χ3v) is 4.30. The largest absolute Gasteiger partial charge is 0.462 e. The van der Waals surface area contributed by atoms with E-state index in [1.54, 1.807) is 6.92 Å². The Morgan fingerprint density at radius 1 is 1.45 bits per heavy atom. The van der Waals surface area contributed by atoms with Gasteiger partial charge in [-0.25, -0.2) is 4.79 Å². The fraction of sp³-hybridized carbons (Fsp3) is 0.588. The third-order valence-electron chi connectivity index (χ3n) is 3.84. The van der Waals surface area contributed by atoms with Crippen LogP contribution in [0.25, 0.3) is 0 Å². The molecule has 0 spiro atoms. The van der Waals surface area contributed by atoms with Gasteiger partial charge in [0.1, 0.15) is 5.03 Å². The molecule has 112 valence electrons. The van der Waals surface area contributed by atoms with Crippen LogP contribution < -0.4 is 0 Å². The Labute approximate surface area is 127 Å². The van der Waals surface area contributed by atoms with E-state index in [2.05, 4.69) is 26.8 Å². The highest BCUT2D eigenvalue weighted by atomic mass is 35.5. The highest BCUT2D eigenvalue weighted by Crippen LogP contribution is 2.40. The number of carbonyl (C=O) groups is 1. The number of carbonyl (C=O) groups excluding carboxylic acids is 1. The first-order valence-electron chi connectivity index (χ1n) is 7.21. The number of hydrogen-bond acceptors (Lipinski definition) is 2. The van der Waals surface area contributed by atoms with E-state index >= 15 is 0 Å². The van der Waals surface area contributed by atoms with Crippen LogP contribution in [-0.4, -0.2) is 12.6 Å². The van der Waals surface area contributed by atoms with Crippen molar-refractivity contribution in [1.29, 1.82) is 0 Å². The molecular formula is C17H25ClO2. The molecule has 20 heavy (non-hydrogen) atoms. The molecule has 0 aromatic rings. The second-order valence-corrected chi connectivity index (χ2v) is 6.36. The van der Waals surface area contributed by atoms with Crippen molar-refractivity contribution in [2.75, 3.05) is 6.61 Å². The van der Waals surface area contributed by atoms with E-state index in [0.717, 1.165) is 12.0 Å². The summed E-state index contributed by atoms with van der Waals surface area (Å²) in [5, 5.41) is 0.162. The Morgan fingerprint density at radius 3 is 2.65 bits per heavy atom. The maximum absolute atomic E-state index is 11.6. The molecule has 0 unspecified atom stereocenters. The Kier molecular flexibility index (Phi) is 6.07. The summed E-state index contributed by atoms with van der Waals surface area (Å²) in [6, 6.07) is 0. The van der Waals surface area contributed by atoms with Gasteiger partial charge in [-0.1, -0.05) is 43.2 Å². The molecule has 1 aliphatic carbocycles. The molecule has 0 N–H and O–H groups in total. The van der Waals surface area contributed by atoms with Crippen LogP contribution in [0.15, 0.2) is 33.9 Å². The summed E-state index contributed by atoms with van der Waals surface area (Å²) in [5.74, 6) is -0.454. The third kappa shape index (κ3) is 4.24. The summed E-state index contributed by atoms with van der Waals surface area (Å²) < 4.78 is 4.90. The van der Waals surface area contributed by atoms with E-state index < -0.39 is 5.97 Å². The standard InChI is InChI=1S/C17H25ClO2/c1-6-20-16(19)15(18)13(3)9-10-14-12(2)8-7-11-17(14,4)5/h9-10H,6-8,11H2,1-5H3/b10-9+,15-13+. The van der Waals surface area contributed by atoms with Crippen LogP contribution in [0, 0.1) is 5.41 Å². The molecule has 1 aliphatic rings. The van der Waals surface area contributed by atoms with E-state index in [1.165, 1.54) is 24.0 Å². The molecule has 2 nitrogen and oxygen atoms in total. The maximum atomic E-state index is 11.6. The lowest BCUT2D eigenvalue weighted by Gasteiger charge is -2.32. The summed E-state index contributed by atoms with van der Waals surface area (Å²) in [5.41, 5.74) is 3.72. The van der Waals surface area contributed by atoms with Crippen molar-refractivity contribution in [2.24, 2.45) is 5.41 Å². The van der Waals surface area contributed by atoms with Crippen LogP contribution in [0.3, 0.4) is 0 Å².